The topological polar surface area (TPSA) is 61.4 Å². The SMILES string of the molecule is CC(C)(CCO)NC(=O)Nc1ccccc1SCC(F)(F)F. The molecule has 0 radical (unpaired) electrons. The molecule has 0 saturated heterocycles. The highest BCUT2D eigenvalue weighted by Crippen LogP contribution is 2.32. The number of halogens is 3. The molecule has 0 aliphatic rings. The van der Waals surface area contributed by atoms with Crippen LogP contribution in [0.15, 0.2) is 29.2 Å². The predicted molar refractivity (Wildman–Crippen MR) is 81.2 cm³/mol. The second kappa shape index (κ2) is 7.73. The van der Waals surface area contributed by atoms with Gasteiger partial charge in [-0.2, -0.15) is 13.2 Å². The van der Waals surface area contributed by atoms with Gasteiger partial charge in [0.25, 0.3) is 0 Å². The molecule has 8 heteroatoms. The molecule has 1 aromatic carbocycles. The molecule has 22 heavy (non-hydrogen) atoms. The van der Waals surface area contributed by atoms with Crippen molar-refractivity contribution >= 4 is 23.5 Å². The molecular weight excluding hydrogens is 317 g/mol. The van der Waals surface area contributed by atoms with Crippen LogP contribution in [0.1, 0.15) is 20.3 Å². The van der Waals surface area contributed by atoms with Crippen molar-refractivity contribution < 1.29 is 23.1 Å². The van der Waals surface area contributed by atoms with Crippen LogP contribution in [0.4, 0.5) is 23.7 Å². The fraction of sp³-hybridized carbons (Fsp3) is 0.500. The fourth-order valence-corrected chi connectivity index (χ4v) is 2.43. The van der Waals surface area contributed by atoms with E-state index in [0.717, 1.165) is 0 Å². The van der Waals surface area contributed by atoms with Crippen molar-refractivity contribution in [1.82, 2.24) is 5.32 Å². The molecule has 0 aromatic heterocycles. The minimum atomic E-state index is -4.27. The number of aliphatic hydroxyl groups excluding tert-OH is 1. The number of thioether (sulfide) groups is 1. The minimum absolute atomic E-state index is 0.0781. The number of urea groups is 1. The Morgan fingerprint density at radius 3 is 2.50 bits per heavy atom. The molecule has 2 amide bonds. The molecule has 1 aromatic rings. The van der Waals surface area contributed by atoms with Crippen molar-refractivity contribution in [3.8, 4) is 0 Å². The van der Waals surface area contributed by atoms with Crippen LogP contribution < -0.4 is 10.6 Å². The maximum absolute atomic E-state index is 12.3. The zero-order valence-electron chi connectivity index (χ0n) is 12.3. The van der Waals surface area contributed by atoms with Gasteiger partial charge in [-0.3, -0.25) is 0 Å². The van der Waals surface area contributed by atoms with Gasteiger partial charge in [-0.15, -0.1) is 11.8 Å². The molecule has 4 nitrogen and oxygen atoms in total. The zero-order valence-corrected chi connectivity index (χ0v) is 13.1. The van der Waals surface area contributed by atoms with Crippen LogP contribution in [0.25, 0.3) is 0 Å². The first-order valence-electron chi connectivity index (χ1n) is 6.61. The maximum Gasteiger partial charge on any atom is 0.398 e. The van der Waals surface area contributed by atoms with Gasteiger partial charge >= 0.3 is 12.2 Å². The molecule has 0 aliphatic carbocycles. The van der Waals surface area contributed by atoms with Gasteiger partial charge in [0.1, 0.15) is 0 Å². The number of carbonyl (C=O) groups is 1. The average molecular weight is 336 g/mol. The largest absolute Gasteiger partial charge is 0.398 e. The number of aliphatic hydroxyl groups is 1. The van der Waals surface area contributed by atoms with Gasteiger partial charge < -0.3 is 15.7 Å². The van der Waals surface area contributed by atoms with Crippen molar-refractivity contribution in [2.75, 3.05) is 17.7 Å². The van der Waals surface area contributed by atoms with E-state index in [1.54, 1.807) is 26.0 Å². The Morgan fingerprint density at radius 1 is 1.27 bits per heavy atom. The Hall–Kier alpha value is -1.41. The third-order valence-corrected chi connectivity index (χ3v) is 3.85. The molecule has 0 bridgehead atoms. The van der Waals surface area contributed by atoms with Crippen molar-refractivity contribution in [2.24, 2.45) is 0 Å². The van der Waals surface area contributed by atoms with Crippen LogP contribution in [-0.2, 0) is 0 Å². The number of nitrogens with one attached hydrogen (secondary N) is 2. The number of rotatable bonds is 6. The van der Waals surface area contributed by atoms with E-state index in [4.69, 9.17) is 5.11 Å². The number of carbonyl (C=O) groups excluding carboxylic acids is 1. The molecule has 1 rings (SSSR count). The summed E-state index contributed by atoms with van der Waals surface area (Å²) in [6.45, 7) is 3.41. The molecule has 0 spiro atoms. The number of hydrogen-bond acceptors (Lipinski definition) is 3. The number of alkyl halides is 3. The molecule has 0 heterocycles. The van der Waals surface area contributed by atoms with E-state index in [0.29, 0.717) is 28.8 Å². The summed E-state index contributed by atoms with van der Waals surface area (Å²) in [6.07, 6.45) is -3.91. The van der Waals surface area contributed by atoms with Crippen molar-refractivity contribution in [2.45, 2.75) is 36.9 Å². The summed E-state index contributed by atoms with van der Waals surface area (Å²) in [4.78, 5) is 12.3. The summed E-state index contributed by atoms with van der Waals surface area (Å²) in [5.41, 5.74) is -0.304. The number of benzene rings is 1. The monoisotopic (exact) mass is 336 g/mol. The van der Waals surface area contributed by atoms with Crippen LogP contribution in [0.3, 0.4) is 0 Å². The molecule has 0 fully saturated rings. The van der Waals surface area contributed by atoms with Gasteiger partial charge in [0.15, 0.2) is 0 Å². The third kappa shape index (κ3) is 7.04. The molecule has 0 atom stereocenters. The Labute approximate surface area is 131 Å². The van der Waals surface area contributed by atoms with E-state index in [1.807, 2.05) is 0 Å². The second-order valence-corrected chi connectivity index (χ2v) is 6.35. The molecule has 124 valence electrons. The van der Waals surface area contributed by atoms with Gasteiger partial charge in [-0.1, -0.05) is 12.1 Å². The minimum Gasteiger partial charge on any atom is -0.396 e. The first-order chi connectivity index (χ1) is 10.1. The fourth-order valence-electron chi connectivity index (χ4n) is 1.66. The molecule has 3 N–H and O–H groups in total. The van der Waals surface area contributed by atoms with Crippen LogP contribution in [0, 0.1) is 0 Å². The zero-order chi connectivity index (χ0) is 16.8. The smallest absolute Gasteiger partial charge is 0.396 e. The predicted octanol–water partition coefficient (Wildman–Crippen LogP) is 3.62. The van der Waals surface area contributed by atoms with Crippen molar-refractivity contribution in [1.29, 1.82) is 0 Å². The first kappa shape index (κ1) is 18.6. The van der Waals surface area contributed by atoms with Gasteiger partial charge in [0, 0.05) is 17.0 Å². The van der Waals surface area contributed by atoms with Gasteiger partial charge in [0.2, 0.25) is 0 Å². The van der Waals surface area contributed by atoms with E-state index in [9.17, 15) is 18.0 Å². The van der Waals surface area contributed by atoms with Crippen molar-refractivity contribution in [3.05, 3.63) is 24.3 Å². The summed E-state index contributed by atoms with van der Waals surface area (Å²) in [6, 6.07) is 5.77. The standard InChI is InChI=1S/C14H19F3N2O2S/c1-13(2,7-8-20)19-12(21)18-10-5-3-4-6-11(10)22-9-14(15,16)17/h3-6,20H,7-9H2,1-2H3,(H2,18,19,21). The van der Waals surface area contributed by atoms with E-state index in [-0.39, 0.29) is 6.61 Å². The molecule has 0 aliphatic heterocycles. The highest BCUT2D eigenvalue weighted by molar-refractivity contribution is 7.99. The lowest BCUT2D eigenvalue weighted by Crippen LogP contribution is -2.46. The summed E-state index contributed by atoms with van der Waals surface area (Å²) in [5.74, 6) is -1.02. The Balaban J connectivity index is 2.71. The highest BCUT2D eigenvalue weighted by atomic mass is 32.2. The first-order valence-corrected chi connectivity index (χ1v) is 7.60. The second-order valence-electron chi connectivity index (χ2n) is 5.34. The van der Waals surface area contributed by atoms with Crippen LogP contribution in [0.5, 0.6) is 0 Å². The summed E-state index contributed by atoms with van der Waals surface area (Å²) in [5, 5.41) is 14.1. The lowest BCUT2D eigenvalue weighted by molar-refractivity contribution is -0.105. The number of para-hydroxylation sites is 1. The van der Waals surface area contributed by atoms with E-state index >= 15 is 0 Å². The molecular formula is C14H19F3N2O2S. The maximum atomic E-state index is 12.3. The normalized spacial score (nSPS) is 12.1. The van der Waals surface area contributed by atoms with Crippen LogP contribution in [-0.4, -0.2) is 35.2 Å². The summed E-state index contributed by atoms with van der Waals surface area (Å²) < 4.78 is 36.9. The van der Waals surface area contributed by atoms with Gasteiger partial charge in [-0.05, 0) is 32.4 Å². The Bertz CT molecular complexity index is 507. The summed E-state index contributed by atoms with van der Waals surface area (Å²) in [7, 11) is 0. The van der Waals surface area contributed by atoms with E-state index < -0.39 is 23.5 Å². The van der Waals surface area contributed by atoms with Gasteiger partial charge in [0.05, 0.1) is 11.4 Å². The lowest BCUT2D eigenvalue weighted by Gasteiger charge is -2.25. The van der Waals surface area contributed by atoms with Crippen LogP contribution >= 0.6 is 11.8 Å². The number of anilines is 1. The quantitative estimate of drug-likeness (QED) is 0.695. The highest BCUT2D eigenvalue weighted by Gasteiger charge is 2.28. The Morgan fingerprint density at radius 2 is 1.91 bits per heavy atom. The lowest BCUT2D eigenvalue weighted by atomic mass is 10.0. The van der Waals surface area contributed by atoms with E-state index in [1.165, 1.54) is 12.1 Å². The van der Waals surface area contributed by atoms with Crippen LogP contribution in [0.2, 0.25) is 0 Å². The van der Waals surface area contributed by atoms with Gasteiger partial charge in [-0.25, -0.2) is 4.79 Å². The average Bonchev–Trinajstić information content (AvgIpc) is 2.35. The molecule has 0 saturated carbocycles. The third-order valence-electron chi connectivity index (χ3n) is 2.72. The molecule has 0 unspecified atom stereocenters. The van der Waals surface area contributed by atoms with E-state index in [2.05, 4.69) is 10.6 Å². The summed E-state index contributed by atoms with van der Waals surface area (Å²) >= 11 is 0.617. The Kier molecular flexibility index (Phi) is 6.55. The number of hydrogen-bond donors (Lipinski definition) is 3. The van der Waals surface area contributed by atoms with Crippen molar-refractivity contribution in [3.63, 3.8) is 0 Å². The number of amides is 2.